The molecule has 0 amide bonds. The van der Waals surface area contributed by atoms with Crippen LogP contribution in [0.3, 0.4) is 0 Å². The molecule has 8 rings (SSSR count). The Hall–Kier alpha value is -4.48. The van der Waals surface area contributed by atoms with Crippen LogP contribution in [0.25, 0.3) is 65.8 Å². The molecule has 6 heteroatoms. The summed E-state index contributed by atoms with van der Waals surface area (Å²) in [4.78, 5) is 13.9. The van der Waals surface area contributed by atoms with Crippen molar-refractivity contribution in [2.24, 2.45) is 5.41 Å². The van der Waals surface area contributed by atoms with Crippen molar-refractivity contribution in [1.29, 1.82) is 0 Å². The summed E-state index contributed by atoms with van der Waals surface area (Å²) in [7, 11) is 0. The normalized spacial score (nSPS) is 11.4. The van der Waals surface area contributed by atoms with Crippen molar-refractivity contribution < 1.29 is 24.5 Å². The van der Waals surface area contributed by atoms with Crippen LogP contribution in [0.15, 0.2) is 108 Å². The minimum Gasteiger partial charge on any atom is -0.501 e. The third-order valence-electron chi connectivity index (χ3n) is 8.42. The van der Waals surface area contributed by atoms with Gasteiger partial charge >= 0.3 is 0 Å². The zero-order valence-corrected chi connectivity index (χ0v) is 31.7. The average Bonchev–Trinajstić information content (AvgIpc) is 3.65. The van der Waals surface area contributed by atoms with E-state index in [4.69, 9.17) is 9.40 Å². The number of benzene rings is 4. The number of aromatic nitrogens is 3. The first-order chi connectivity index (χ1) is 23.2. The summed E-state index contributed by atoms with van der Waals surface area (Å²) in [5.41, 5.74) is 13.0. The van der Waals surface area contributed by atoms with Gasteiger partial charge in [-0.1, -0.05) is 68.1 Å². The van der Waals surface area contributed by atoms with Crippen molar-refractivity contribution in [1.82, 2.24) is 15.0 Å². The summed E-state index contributed by atoms with van der Waals surface area (Å²) in [6, 6.07) is 37.2. The van der Waals surface area contributed by atoms with Crippen molar-refractivity contribution in [2.45, 2.75) is 48.0 Å². The monoisotopic (exact) mass is 836 g/mol. The van der Waals surface area contributed by atoms with Gasteiger partial charge in [0.25, 0.3) is 0 Å². The Bertz CT molecular complexity index is 2330. The smallest absolute Gasteiger partial charge is 0.122 e. The largest absolute Gasteiger partial charge is 0.501 e. The summed E-state index contributed by atoms with van der Waals surface area (Å²) >= 11 is 1.72. The summed E-state index contributed by atoms with van der Waals surface area (Å²) < 4.78 is 7.64. The second-order valence-corrected chi connectivity index (χ2v) is 14.6. The molecule has 0 saturated carbocycles. The quantitative estimate of drug-likeness (QED) is 0.166. The van der Waals surface area contributed by atoms with Gasteiger partial charge in [-0.15, -0.1) is 65.4 Å². The molecule has 0 aliphatic heterocycles. The first-order valence-corrected chi connectivity index (χ1v) is 17.0. The van der Waals surface area contributed by atoms with E-state index in [1.54, 1.807) is 17.5 Å². The number of thiazole rings is 1. The van der Waals surface area contributed by atoms with Crippen LogP contribution in [-0.4, -0.2) is 15.0 Å². The maximum atomic E-state index is 6.47. The Labute approximate surface area is 305 Å². The maximum Gasteiger partial charge on any atom is 0.122 e. The van der Waals surface area contributed by atoms with E-state index in [-0.39, 0.29) is 25.5 Å². The van der Waals surface area contributed by atoms with E-state index in [2.05, 4.69) is 100 Å². The summed E-state index contributed by atoms with van der Waals surface area (Å²) in [5, 5.41) is 3.27. The molecule has 0 atom stereocenters. The van der Waals surface area contributed by atoms with Gasteiger partial charge in [-0.3, -0.25) is 0 Å². The first-order valence-electron chi connectivity index (χ1n) is 16.2. The second kappa shape index (κ2) is 14.2. The van der Waals surface area contributed by atoms with E-state index in [0.717, 1.165) is 61.4 Å². The van der Waals surface area contributed by atoms with Gasteiger partial charge in [-0.05, 0) is 90.0 Å². The number of aryl methyl sites for hydroxylation is 3. The molecule has 8 aromatic rings. The molecule has 0 unspecified atom stereocenters. The third-order valence-corrected chi connectivity index (χ3v) is 9.42. The van der Waals surface area contributed by atoms with Crippen LogP contribution >= 0.6 is 11.3 Å². The Morgan fingerprint density at radius 2 is 1.59 bits per heavy atom. The fourth-order valence-electron chi connectivity index (χ4n) is 6.39. The van der Waals surface area contributed by atoms with E-state index in [9.17, 15) is 0 Å². The van der Waals surface area contributed by atoms with Gasteiger partial charge in [0.05, 0.1) is 20.8 Å². The van der Waals surface area contributed by atoms with Crippen molar-refractivity contribution in [3.05, 3.63) is 137 Å². The van der Waals surface area contributed by atoms with Crippen LogP contribution in [0.5, 0.6) is 0 Å². The average molecular weight is 836 g/mol. The van der Waals surface area contributed by atoms with Gasteiger partial charge in [0.2, 0.25) is 0 Å². The number of furan rings is 1. The molecular formula is C43H37IrN3OS-2. The van der Waals surface area contributed by atoms with Gasteiger partial charge in [0, 0.05) is 37.9 Å². The fraction of sp³-hybridized carbons (Fsp3) is 0.186. The molecule has 0 aliphatic carbocycles. The molecule has 4 aromatic heterocycles. The topological polar surface area (TPSA) is 51.8 Å². The van der Waals surface area contributed by atoms with Gasteiger partial charge in [-0.25, -0.2) is 4.98 Å². The number of hydrogen-bond donors (Lipinski definition) is 0. The Morgan fingerprint density at radius 3 is 2.31 bits per heavy atom. The molecule has 0 aliphatic rings. The number of fused-ring (bicyclic) bond motifs is 5. The van der Waals surface area contributed by atoms with Crippen LogP contribution < -0.4 is 0 Å². The van der Waals surface area contributed by atoms with Crippen LogP contribution in [0.2, 0.25) is 0 Å². The summed E-state index contributed by atoms with van der Waals surface area (Å²) in [5.74, 6) is 0. The van der Waals surface area contributed by atoms with E-state index in [1.165, 1.54) is 32.5 Å². The zero-order chi connectivity index (χ0) is 33.4. The fourth-order valence-corrected chi connectivity index (χ4v) is 7.36. The number of rotatable bonds is 4. The molecule has 247 valence electrons. The molecule has 0 saturated heterocycles. The van der Waals surface area contributed by atoms with Crippen LogP contribution in [0.4, 0.5) is 0 Å². The van der Waals surface area contributed by atoms with E-state index >= 15 is 0 Å². The number of pyridine rings is 2. The number of nitrogens with zero attached hydrogens (tertiary/aromatic N) is 3. The van der Waals surface area contributed by atoms with E-state index in [0.29, 0.717) is 0 Å². The molecule has 4 nitrogen and oxygen atoms in total. The van der Waals surface area contributed by atoms with Crippen LogP contribution in [-0.2, 0) is 26.5 Å². The Kier molecular flexibility index (Phi) is 9.94. The van der Waals surface area contributed by atoms with E-state index in [1.807, 2.05) is 60.7 Å². The molecule has 49 heavy (non-hydrogen) atoms. The predicted octanol–water partition coefficient (Wildman–Crippen LogP) is 11.8. The first kappa shape index (κ1) is 34.4. The zero-order valence-electron chi connectivity index (χ0n) is 28.5. The third kappa shape index (κ3) is 7.14. The molecular weight excluding hydrogens is 799 g/mol. The minimum atomic E-state index is 0. The van der Waals surface area contributed by atoms with Crippen molar-refractivity contribution in [2.75, 3.05) is 0 Å². The minimum absolute atomic E-state index is 0. The molecule has 4 heterocycles. The van der Waals surface area contributed by atoms with Crippen LogP contribution in [0.1, 0.15) is 42.5 Å². The van der Waals surface area contributed by atoms with Gasteiger partial charge < -0.3 is 14.4 Å². The van der Waals surface area contributed by atoms with Crippen LogP contribution in [0, 0.1) is 38.3 Å². The van der Waals surface area contributed by atoms with Gasteiger partial charge in [-0.2, -0.15) is 0 Å². The second-order valence-electron chi connectivity index (χ2n) is 13.4. The molecule has 4 aromatic carbocycles. The van der Waals surface area contributed by atoms with Gasteiger partial charge in [0.1, 0.15) is 5.58 Å². The molecule has 0 bridgehead atoms. The van der Waals surface area contributed by atoms with Crippen molar-refractivity contribution in [3.63, 3.8) is 0 Å². The summed E-state index contributed by atoms with van der Waals surface area (Å²) in [6.07, 6.45) is 4.79. The molecule has 0 spiro atoms. The SMILES string of the molecule is Cc1nc2ccc3oc4c(-c5cc(-c6c(C)cccc6C)c(CC(C)(C)C)cn5)[c-]ccc4c3c2s1.[Ir].[c-]1ccccc1-c1ccccn1. The van der Waals surface area contributed by atoms with E-state index < -0.39 is 0 Å². The Balaban J connectivity index is 0.000000270. The molecule has 0 fully saturated rings. The predicted molar refractivity (Wildman–Crippen MR) is 200 cm³/mol. The molecule has 0 N–H and O–H groups in total. The summed E-state index contributed by atoms with van der Waals surface area (Å²) in [6.45, 7) is 13.3. The standard InChI is InChI=1S/C32H29N2OS.C11H8N.Ir/c1-18-9-7-10-19(2)28(18)24-15-26(33-17-21(24)16-32(4,5)6)22-11-8-12-23-29-27(35-30(22)23)14-13-25-31(29)36-20(3)34-25;1-2-6-10(7-3-1)11-8-4-5-9-12-11;/h7-10,12-15,17H,16H2,1-6H3;1-6,8-9H;/q2*-1;. The van der Waals surface area contributed by atoms with Crippen molar-refractivity contribution in [3.8, 4) is 33.6 Å². The van der Waals surface area contributed by atoms with Gasteiger partial charge in [0.15, 0.2) is 0 Å². The maximum absolute atomic E-state index is 6.47. The molecule has 1 radical (unpaired) electrons. The number of hydrogen-bond acceptors (Lipinski definition) is 5. The Morgan fingerprint density at radius 1 is 0.796 bits per heavy atom. The van der Waals surface area contributed by atoms with Crippen molar-refractivity contribution >= 4 is 43.5 Å².